The number of nitrogens with zero attached hydrogens (tertiary/aromatic N) is 2. The topological polar surface area (TPSA) is 62.3 Å². The van der Waals surface area contributed by atoms with Gasteiger partial charge in [-0.05, 0) is 26.2 Å². The van der Waals surface area contributed by atoms with Crippen LogP contribution in [0.2, 0.25) is 0 Å². The number of anilines is 1. The molecule has 2 amide bonds. The average Bonchev–Trinajstić information content (AvgIpc) is 2.96. The van der Waals surface area contributed by atoms with Gasteiger partial charge in [-0.15, -0.1) is 11.3 Å². The Morgan fingerprint density at radius 1 is 1.25 bits per heavy atom. The molecule has 1 atom stereocenters. The van der Waals surface area contributed by atoms with Gasteiger partial charge in [-0.2, -0.15) is 0 Å². The summed E-state index contributed by atoms with van der Waals surface area (Å²) >= 11 is 1.44. The van der Waals surface area contributed by atoms with E-state index in [1.807, 2.05) is 6.92 Å². The molecule has 1 unspecified atom stereocenters. The van der Waals surface area contributed by atoms with Crippen LogP contribution in [0.1, 0.15) is 64.2 Å². The Kier molecular flexibility index (Phi) is 9.60. The van der Waals surface area contributed by atoms with E-state index in [9.17, 15) is 9.59 Å². The van der Waals surface area contributed by atoms with Crippen molar-refractivity contribution in [2.24, 2.45) is 5.92 Å². The van der Waals surface area contributed by atoms with E-state index in [2.05, 4.69) is 31.1 Å². The molecule has 5 nitrogen and oxygen atoms in total. The number of nitrogens with one attached hydrogen (secondary N) is 1. The Labute approximate surface area is 149 Å². The number of unbranched alkanes of at least 4 members (excludes halogenated alkanes) is 2. The van der Waals surface area contributed by atoms with E-state index >= 15 is 0 Å². The minimum absolute atomic E-state index is 0.0247. The van der Waals surface area contributed by atoms with Crippen LogP contribution in [-0.4, -0.2) is 34.8 Å². The van der Waals surface area contributed by atoms with Crippen molar-refractivity contribution in [3.63, 3.8) is 0 Å². The van der Waals surface area contributed by atoms with Gasteiger partial charge in [0.1, 0.15) is 0 Å². The van der Waals surface area contributed by atoms with Crippen LogP contribution < -0.4 is 5.32 Å². The van der Waals surface area contributed by atoms with Gasteiger partial charge >= 0.3 is 0 Å². The zero-order valence-corrected chi connectivity index (χ0v) is 16.2. The van der Waals surface area contributed by atoms with Gasteiger partial charge < -0.3 is 10.2 Å². The van der Waals surface area contributed by atoms with Crippen LogP contribution in [0, 0.1) is 12.8 Å². The molecular weight excluding hydrogens is 322 g/mol. The second kappa shape index (κ2) is 11.2. The van der Waals surface area contributed by atoms with Crippen molar-refractivity contribution in [2.45, 2.75) is 66.2 Å². The molecule has 1 heterocycles. The lowest BCUT2D eigenvalue weighted by Crippen LogP contribution is -2.41. The molecule has 0 aromatic carbocycles. The summed E-state index contributed by atoms with van der Waals surface area (Å²) in [6.07, 6.45) is 7.52. The van der Waals surface area contributed by atoms with Gasteiger partial charge in [0.25, 0.3) is 0 Å². The molecule has 1 N–H and O–H groups in total. The highest BCUT2D eigenvalue weighted by Crippen LogP contribution is 2.18. The lowest BCUT2D eigenvalue weighted by Gasteiger charge is -2.26. The predicted molar refractivity (Wildman–Crippen MR) is 100 cm³/mol. The van der Waals surface area contributed by atoms with Crippen LogP contribution in [0.15, 0.2) is 6.20 Å². The molecule has 1 rings (SSSR count). The molecule has 0 aliphatic carbocycles. The molecule has 0 saturated carbocycles. The number of aromatic nitrogens is 1. The molecule has 136 valence electrons. The lowest BCUT2D eigenvalue weighted by atomic mass is 9.97. The van der Waals surface area contributed by atoms with Gasteiger partial charge in [-0.3, -0.25) is 9.59 Å². The molecule has 1 aromatic heterocycles. The number of hydrogen-bond acceptors (Lipinski definition) is 4. The maximum atomic E-state index is 12.8. The van der Waals surface area contributed by atoms with Crippen LogP contribution >= 0.6 is 11.3 Å². The van der Waals surface area contributed by atoms with E-state index in [0.717, 1.165) is 43.4 Å². The molecule has 1 aromatic rings. The van der Waals surface area contributed by atoms with Crippen LogP contribution in [0.5, 0.6) is 0 Å². The summed E-state index contributed by atoms with van der Waals surface area (Å²) in [7, 11) is 0. The van der Waals surface area contributed by atoms with E-state index in [1.165, 1.54) is 11.3 Å². The van der Waals surface area contributed by atoms with Crippen LogP contribution in [0.3, 0.4) is 0 Å². The average molecular weight is 354 g/mol. The third-order valence-electron chi connectivity index (χ3n) is 4.04. The fourth-order valence-electron chi connectivity index (χ4n) is 2.57. The fraction of sp³-hybridized carbons (Fsp3) is 0.722. The minimum atomic E-state index is -0.167. The van der Waals surface area contributed by atoms with E-state index in [-0.39, 0.29) is 24.3 Å². The normalized spacial score (nSPS) is 12.0. The summed E-state index contributed by atoms with van der Waals surface area (Å²) < 4.78 is 0. The zero-order chi connectivity index (χ0) is 17.9. The third kappa shape index (κ3) is 6.99. The van der Waals surface area contributed by atoms with E-state index in [4.69, 9.17) is 0 Å². The standard InChI is InChI=1S/C18H31N3O2S/c1-5-8-10-15(7-3)17(23)21(11-9-6-2)13-16(22)20-18-19-12-14(4)24-18/h12,15H,5-11,13H2,1-4H3,(H,19,20,22). The Hall–Kier alpha value is -1.43. The largest absolute Gasteiger partial charge is 0.333 e. The van der Waals surface area contributed by atoms with Crippen molar-refractivity contribution in [3.8, 4) is 0 Å². The Bertz CT molecular complexity index is 516. The quantitative estimate of drug-likeness (QED) is 0.647. The fourth-order valence-corrected chi connectivity index (χ4v) is 3.25. The van der Waals surface area contributed by atoms with Gasteiger partial charge in [0.15, 0.2) is 5.13 Å². The molecule has 0 fully saturated rings. The highest BCUT2D eigenvalue weighted by Gasteiger charge is 2.24. The van der Waals surface area contributed by atoms with Crippen molar-refractivity contribution in [1.29, 1.82) is 0 Å². The van der Waals surface area contributed by atoms with Gasteiger partial charge in [-0.25, -0.2) is 4.98 Å². The molecule has 24 heavy (non-hydrogen) atoms. The maximum absolute atomic E-state index is 12.8. The number of hydrogen-bond donors (Lipinski definition) is 1. The summed E-state index contributed by atoms with van der Waals surface area (Å²) in [5.74, 6) is -0.0271. The number of carbonyl (C=O) groups excluding carboxylic acids is 2. The van der Waals surface area contributed by atoms with E-state index in [0.29, 0.717) is 11.7 Å². The SMILES string of the molecule is CCCCC(CC)C(=O)N(CCCC)CC(=O)Nc1ncc(C)s1. The Morgan fingerprint density at radius 3 is 2.50 bits per heavy atom. The minimum Gasteiger partial charge on any atom is -0.333 e. The predicted octanol–water partition coefficient (Wildman–Crippen LogP) is 4.24. The Morgan fingerprint density at radius 2 is 1.96 bits per heavy atom. The summed E-state index contributed by atoms with van der Waals surface area (Å²) in [5.41, 5.74) is 0. The number of thiazole rings is 1. The Balaban J connectivity index is 2.68. The first-order chi connectivity index (χ1) is 11.5. The number of rotatable bonds is 11. The van der Waals surface area contributed by atoms with Gasteiger partial charge in [0, 0.05) is 23.5 Å². The van der Waals surface area contributed by atoms with Crippen molar-refractivity contribution < 1.29 is 9.59 Å². The highest BCUT2D eigenvalue weighted by molar-refractivity contribution is 7.15. The first kappa shape index (κ1) is 20.6. The zero-order valence-electron chi connectivity index (χ0n) is 15.4. The molecule has 0 saturated heterocycles. The molecule has 0 bridgehead atoms. The first-order valence-corrected chi connectivity index (χ1v) is 9.84. The lowest BCUT2D eigenvalue weighted by molar-refractivity contribution is -0.138. The third-order valence-corrected chi connectivity index (χ3v) is 4.87. The number of amides is 2. The van der Waals surface area contributed by atoms with Crippen molar-refractivity contribution in [3.05, 3.63) is 11.1 Å². The molecule has 6 heteroatoms. The summed E-state index contributed by atoms with van der Waals surface area (Å²) in [6, 6.07) is 0. The van der Waals surface area contributed by atoms with Crippen molar-refractivity contribution in [2.75, 3.05) is 18.4 Å². The second-order valence-corrected chi connectivity index (χ2v) is 7.42. The summed E-state index contributed by atoms with van der Waals surface area (Å²) in [6.45, 7) is 8.98. The van der Waals surface area contributed by atoms with Gasteiger partial charge in [0.05, 0.1) is 6.54 Å². The van der Waals surface area contributed by atoms with Gasteiger partial charge in [0.2, 0.25) is 11.8 Å². The molecule has 0 aliphatic heterocycles. The van der Waals surface area contributed by atoms with Crippen molar-refractivity contribution in [1.82, 2.24) is 9.88 Å². The molecular formula is C18H31N3O2S. The number of carbonyl (C=O) groups is 2. The summed E-state index contributed by atoms with van der Waals surface area (Å²) in [4.78, 5) is 32.0. The highest BCUT2D eigenvalue weighted by atomic mass is 32.1. The second-order valence-electron chi connectivity index (χ2n) is 6.18. The monoisotopic (exact) mass is 353 g/mol. The smallest absolute Gasteiger partial charge is 0.245 e. The van der Waals surface area contributed by atoms with Crippen LogP contribution in [0.4, 0.5) is 5.13 Å². The molecule has 0 spiro atoms. The van der Waals surface area contributed by atoms with Crippen LogP contribution in [-0.2, 0) is 9.59 Å². The van der Waals surface area contributed by atoms with Crippen molar-refractivity contribution >= 4 is 28.3 Å². The van der Waals surface area contributed by atoms with E-state index < -0.39 is 0 Å². The maximum Gasteiger partial charge on any atom is 0.245 e. The first-order valence-electron chi connectivity index (χ1n) is 9.02. The van der Waals surface area contributed by atoms with E-state index in [1.54, 1.807) is 11.1 Å². The molecule has 0 radical (unpaired) electrons. The summed E-state index contributed by atoms with van der Waals surface area (Å²) in [5, 5.41) is 3.39. The number of aryl methyl sites for hydroxylation is 1. The molecule has 0 aliphatic rings. The van der Waals surface area contributed by atoms with Gasteiger partial charge in [-0.1, -0.05) is 40.0 Å². The van der Waals surface area contributed by atoms with Crippen LogP contribution in [0.25, 0.3) is 0 Å².